The topological polar surface area (TPSA) is 42.0 Å². The van der Waals surface area contributed by atoms with Gasteiger partial charge < -0.3 is 5.32 Å². The number of pyridine rings is 1. The molecule has 0 unspecified atom stereocenters. The minimum Gasteiger partial charge on any atom is -0.347 e. The van der Waals surface area contributed by atoms with E-state index in [0.29, 0.717) is 10.7 Å². The van der Waals surface area contributed by atoms with Gasteiger partial charge in [0.2, 0.25) is 0 Å². The smallest absolute Gasteiger partial charge is 0.251 e. The molecule has 1 N–H and O–H groups in total. The van der Waals surface area contributed by atoms with Gasteiger partial charge in [0.25, 0.3) is 5.91 Å². The van der Waals surface area contributed by atoms with Crippen LogP contribution < -0.4 is 5.32 Å². The van der Waals surface area contributed by atoms with Gasteiger partial charge in [-0.2, -0.15) is 0 Å². The van der Waals surface area contributed by atoms with E-state index in [-0.39, 0.29) is 11.4 Å². The first-order chi connectivity index (χ1) is 7.44. The molecular formula is C12H17ClN2O. The van der Waals surface area contributed by atoms with E-state index in [0.717, 1.165) is 12.8 Å². The summed E-state index contributed by atoms with van der Waals surface area (Å²) in [7, 11) is 0. The van der Waals surface area contributed by atoms with Crippen molar-refractivity contribution in [3.05, 3.63) is 29.0 Å². The fourth-order valence-corrected chi connectivity index (χ4v) is 1.78. The highest BCUT2D eigenvalue weighted by Gasteiger charge is 2.20. The summed E-state index contributed by atoms with van der Waals surface area (Å²) in [6.45, 7) is 6.12. The Hall–Kier alpha value is -1.09. The Morgan fingerprint density at radius 3 is 2.81 bits per heavy atom. The van der Waals surface area contributed by atoms with Gasteiger partial charge in [-0.15, -0.1) is 0 Å². The van der Waals surface area contributed by atoms with E-state index >= 15 is 0 Å². The number of carbonyl (C=O) groups excluding carboxylic acids is 1. The fraction of sp³-hybridized carbons (Fsp3) is 0.500. The molecule has 0 spiro atoms. The van der Waals surface area contributed by atoms with E-state index in [1.54, 1.807) is 12.1 Å². The monoisotopic (exact) mass is 240 g/mol. The Morgan fingerprint density at radius 1 is 1.56 bits per heavy atom. The molecular weight excluding hydrogens is 224 g/mol. The lowest BCUT2D eigenvalue weighted by molar-refractivity contribution is 0.0909. The van der Waals surface area contributed by atoms with Crippen molar-refractivity contribution >= 4 is 17.5 Å². The zero-order valence-corrected chi connectivity index (χ0v) is 10.6. The number of hydrogen-bond donors (Lipinski definition) is 1. The Bertz CT molecular complexity index is 377. The molecule has 0 aromatic carbocycles. The number of hydrogen-bond acceptors (Lipinski definition) is 2. The predicted molar refractivity (Wildman–Crippen MR) is 65.7 cm³/mol. The number of nitrogens with one attached hydrogen (secondary N) is 1. The lowest BCUT2D eigenvalue weighted by Crippen LogP contribution is -2.43. The number of aromatic nitrogens is 1. The number of nitrogens with zero attached hydrogens (tertiary/aromatic N) is 1. The molecule has 0 aliphatic rings. The van der Waals surface area contributed by atoms with E-state index in [9.17, 15) is 4.79 Å². The van der Waals surface area contributed by atoms with Crippen LogP contribution in [0.25, 0.3) is 0 Å². The molecule has 4 heteroatoms. The third kappa shape index (κ3) is 3.81. The van der Waals surface area contributed by atoms with Crippen molar-refractivity contribution < 1.29 is 4.79 Å². The Morgan fingerprint density at radius 2 is 2.25 bits per heavy atom. The molecule has 0 atom stereocenters. The second kappa shape index (κ2) is 5.30. The van der Waals surface area contributed by atoms with Crippen molar-refractivity contribution in [2.75, 3.05) is 0 Å². The van der Waals surface area contributed by atoms with Crippen LogP contribution in [0.2, 0.25) is 5.15 Å². The third-order valence-electron chi connectivity index (χ3n) is 2.32. The van der Waals surface area contributed by atoms with Crippen LogP contribution in [0.5, 0.6) is 0 Å². The molecule has 1 rings (SSSR count). The highest BCUT2D eigenvalue weighted by molar-refractivity contribution is 6.29. The zero-order valence-electron chi connectivity index (χ0n) is 9.88. The Kier molecular flexibility index (Phi) is 4.30. The minimum atomic E-state index is -0.193. The molecule has 0 aliphatic carbocycles. The summed E-state index contributed by atoms with van der Waals surface area (Å²) in [4.78, 5) is 15.7. The normalized spacial score (nSPS) is 11.2. The van der Waals surface area contributed by atoms with E-state index in [4.69, 9.17) is 11.6 Å². The summed E-state index contributed by atoms with van der Waals surface area (Å²) < 4.78 is 0. The zero-order chi connectivity index (χ0) is 12.2. The molecule has 1 amide bonds. The molecule has 0 aliphatic heterocycles. The molecule has 0 bridgehead atoms. The maximum Gasteiger partial charge on any atom is 0.251 e. The van der Waals surface area contributed by atoms with Gasteiger partial charge >= 0.3 is 0 Å². The van der Waals surface area contributed by atoms with Crippen LogP contribution in [-0.4, -0.2) is 16.4 Å². The second-order valence-electron chi connectivity index (χ2n) is 4.46. The molecule has 88 valence electrons. The quantitative estimate of drug-likeness (QED) is 0.822. The summed E-state index contributed by atoms with van der Waals surface area (Å²) in [5, 5.41) is 3.31. The van der Waals surface area contributed by atoms with Gasteiger partial charge in [-0.1, -0.05) is 24.9 Å². The van der Waals surface area contributed by atoms with Crippen molar-refractivity contribution in [3.63, 3.8) is 0 Å². The van der Waals surface area contributed by atoms with Crippen LogP contribution >= 0.6 is 11.6 Å². The average Bonchev–Trinajstić information content (AvgIpc) is 2.16. The van der Waals surface area contributed by atoms with Crippen LogP contribution in [0.15, 0.2) is 18.3 Å². The van der Waals surface area contributed by atoms with Gasteiger partial charge in [0, 0.05) is 17.3 Å². The molecule has 0 fully saturated rings. The molecule has 0 saturated carbocycles. The first kappa shape index (κ1) is 13.0. The average molecular weight is 241 g/mol. The van der Waals surface area contributed by atoms with Gasteiger partial charge in [0.15, 0.2) is 0 Å². The van der Waals surface area contributed by atoms with Crippen LogP contribution in [0.1, 0.15) is 44.0 Å². The lowest BCUT2D eigenvalue weighted by atomic mass is 9.98. The van der Waals surface area contributed by atoms with E-state index in [1.165, 1.54) is 6.20 Å². The number of halogens is 1. The Labute approximate surface area is 101 Å². The lowest BCUT2D eigenvalue weighted by Gasteiger charge is -2.25. The maximum absolute atomic E-state index is 11.9. The van der Waals surface area contributed by atoms with E-state index in [1.807, 2.05) is 13.8 Å². The molecule has 1 aromatic rings. The maximum atomic E-state index is 11.9. The SMILES string of the molecule is CCCC(C)(C)NC(=O)c1ccnc(Cl)c1. The molecule has 16 heavy (non-hydrogen) atoms. The van der Waals surface area contributed by atoms with E-state index in [2.05, 4.69) is 17.2 Å². The van der Waals surface area contributed by atoms with Crippen molar-refractivity contribution in [1.29, 1.82) is 0 Å². The molecule has 0 saturated heterocycles. The fourth-order valence-electron chi connectivity index (χ4n) is 1.61. The van der Waals surface area contributed by atoms with Crippen LogP contribution in [0, 0.1) is 0 Å². The van der Waals surface area contributed by atoms with Crippen molar-refractivity contribution in [2.45, 2.75) is 39.2 Å². The molecule has 0 radical (unpaired) electrons. The van der Waals surface area contributed by atoms with Crippen molar-refractivity contribution in [2.24, 2.45) is 0 Å². The van der Waals surface area contributed by atoms with Crippen LogP contribution in [0.3, 0.4) is 0 Å². The van der Waals surface area contributed by atoms with Crippen LogP contribution in [0.4, 0.5) is 0 Å². The Balaban J connectivity index is 2.72. The summed E-state index contributed by atoms with van der Waals surface area (Å²) >= 11 is 5.73. The highest BCUT2D eigenvalue weighted by Crippen LogP contribution is 2.13. The second-order valence-corrected chi connectivity index (χ2v) is 4.84. The largest absolute Gasteiger partial charge is 0.347 e. The number of amides is 1. The van der Waals surface area contributed by atoms with Crippen molar-refractivity contribution in [1.82, 2.24) is 10.3 Å². The van der Waals surface area contributed by atoms with Gasteiger partial charge in [0.05, 0.1) is 0 Å². The molecule has 1 heterocycles. The van der Waals surface area contributed by atoms with Crippen LogP contribution in [-0.2, 0) is 0 Å². The van der Waals surface area contributed by atoms with Gasteiger partial charge in [-0.3, -0.25) is 4.79 Å². The van der Waals surface area contributed by atoms with E-state index < -0.39 is 0 Å². The standard InChI is InChI=1S/C12H17ClN2O/c1-4-6-12(2,3)15-11(16)9-5-7-14-10(13)8-9/h5,7-8H,4,6H2,1-3H3,(H,15,16). The molecule has 1 aromatic heterocycles. The number of rotatable bonds is 4. The van der Waals surface area contributed by atoms with Gasteiger partial charge in [0.1, 0.15) is 5.15 Å². The summed E-state index contributed by atoms with van der Waals surface area (Å²) in [6.07, 6.45) is 3.51. The summed E-state index contributed by atoms with van der Waals surface area (Å²) in [5.74, 6) is -0.109. The first-order valence-electron chi connectivity index (χ1n) is 5.38. The third-order valence-corrected chi connectivity index (χ3v) is 2.52. The minimum absolute atomic E-state index is 0.109. The highest BCUT2D eigenvalue weighted by atomic mass is 35.5. The summed E-state index contributed by atoms with van der Waals surface area (Å²) in [6, 6.07) is 3.22. The van der Waals surface area contributed by atoms with Gasteiger partial charge in [-0.05, 0) is 32.4 Å². The first-order valence-corrected chi connectivity index (χ1v) is 5.76. The number of carbonyl (C=O) groups is 1. The van der Waals surface area contributed by atoms with Gasteiger partial charge in [-0.25, -0.2) is 4.98 Å². The predicted octanol–water partition coefficient (Wildman–Crippen LogP) is 3.04. The van der Waals surface area contributed by atoms with Crippen molar-refractivity contribution in [3.8, 4) is 0 Å². The molecule has 3 nitrogen and oxygen atoms in total. The summed E-state index contributed by atoms with van der Waals surface area (Å²) in [5.41, 5.74) is 0.353.